The first kappa shape index (κ1) is 16.9. The van der Waals surface area contributed by atoms with Crippen LogP contribution in [-0.2, 0) is 12.7 Å². The van der Waals surface area contributed by atoms with Gasteiger partial charge < -0.3 is 0 Å². The first-order valence-corrected chi connectivity index (χ1v) is 7.69. The monoisotopic (exact) mass is 366 g/mol. The van der Waals surface area contributed by atoms with Crippen LogP contribution in [0.25, 0.3) is 15.8 Å². The van der Waals surface area contributed by atoms with E-state index in [0.29, 0.717) is 21.7 Å². The van der Waals surface area contributed by atoms with Crippen molar-refractivity contribution in [1.29, 1.82) is 5.26 Å². The van der Waals surface area contributed by atoms with E-state index in [-0.39, 0.29) is 10.3 Å². The van der Waals surface area contributed by atoms with E-state index in [0.717, 1.165) is 4.70 Å². The van der Waals surface area contributed by atoms with E-state index in [9.17, 15) is 22.8 Å². The molecule has 0 spiro atoms. The average molecular weight is 366 g/mol. The Bertz CT molecular complexity index is 1130. The van der Waals surface area contributed by atoms with Crippen molar-refractivity contribution < 1.29 is 13.2 Å². The van der Waals surface area contributed by atoms with E-state index in [2.05, 4.69) is 4.37 Å². The molecular weight excluding hydrogens is 357 g/mol. The summed E-state index contributed by atoms with van der Waals surface area (Å²) in [6.07, 6.45) is -4.92. The minimum Gasteiger partial charge on any atom is -0.275 e. The lowest BCUT2D eigenvalue weighted by molar-refractivity contribution is -0.144. The summed E-state index contributed by atoms with van der Waals surface area (Å²) in [4.78, 5) is 24.6. The Morgan fingerprint density at radius 3 is 2.64 bits per heavy atom. The van der Waals surface area contributed by atoms with Gasteiger partial charge in [0.05, 0.1) is 22.2 Å². The van der Waals surface area contributed by atoms with Gasteiger partial charge in [0.15, 0.2) is 0 Å². The maximum absolute atomic E-state index is 13.1. The van der Waals surface area contributed by atoms with Crippen molar-refractivity contribution in [2.24, 2.45) is 0 Å². The highest BCUT2D eigenvalue weighted by atomic mass is 32.1. The average Bonchev–Trinajstić information content (AvgIpc) is 2.90. The lowest BCUT2D eigenvalue weighted by atomic mass is 10.2. The molecule has 2 heterocycles. The fourth-order valence-electron chi connectivity index (χ4n) is 2.46. The Balaban J connectivity index is 2.34. The number of halogens is 3. The van der Waals surface area contributed by atoms with Crippen LogP contribution in [-0.4, -0.2) is 13.5 Å². The number of rotatable bonds is 2. The number of nitriles is 1. The molecule has 0 amide bonds. The van der Waals surface area contributed by atoms with Crippen LogP contribution < -0.4 is 11.2 Å². The molecule has 0 bridgehead atoms. The smallest absolute Gasteiger partial charge is 0.275 e. The summed E-state index contributed by atoms with van der Waals surface area (Å²) in [7, 11) is 0. The summed E-state index contributed by atoms with van der Waals surface area (Å²) in [5, 5.41) is 9.44. The standard InChI is InChI=1S/C15H9F3N4O2S/c1-8-10-6-9(2-3-11(10)25-20-8)22-13(23)7-12(15(16,17)18)21(5-4-19)14(22)24/h2-3,6-7H,5H2,1H3. The van der Waals surface area contributed by atoms with Crippen LogP contribution >= 0.6 is 11.5 Å². The third-order valence-electron chi connectivity index (χ3n) is 3.60. The topological polar surface area (TPSA) is 80.7 Å². The first-order chi connectivity index (χ1) is 11.7. The van der Waals surface area contributed by atoms with E-state index in [1.54, 1.807) is 13.0 Å². The van der Waals surface area contributed by atoms with Crippen molar-refractivity contribution in [2.75, 3.05) is 0 Å². The molecule has 0 fully saturated rings. The molecule has 1 aromatic carbocycles. The summed E-state index contributed by atoms with van der Waals surface area (Å²) in [5.41, 5.74) is -2.99. The van der Waals surface area contributed by atoms with Gasteiger partial charge in [0.2, 0.25) is 0 Å². The number of aryl methyl sites for hydroxylation is 1. The molecule has 3 aromatic rings. The summed E-state index contributed by atoms with van der Waals surface area (Å²) in [5.74, 6) is 0. The lowest BCUT2D eigenvalue weighted by Crippen LogP contribution is -2.41. The molecule has 0 aliphatic heterocycles. The number of alkyl halides is 3. The van der Waals surface area contributed by atoms with E-state index >= 15 is 0 Å². The highest BCUT2D eigenvalue weighted by Crippen LogP contribution is 2.28. The second kappa shape index (κ2) is 5.86. The minimum absolute atomic E-state index is 0.117. The number of hydrogen-bond acceptors (Lipinski definition) is 5. The summed E-state index contributed by atoms with van der Waals surface area (Å²) in [6, 6.07) is 6.43. The number of nitrogens with zero attached hydrogens (tertiary/aromatic N) is 4. The molecule has 0 aliphatic carbocycles. The Hall–Kier alpha value is -2.93. The quantitative estimate of drug-likeness (QED) is 0.698. The van der Waals surface area contributed by atoms with Crippen LogP contribution in [0.5, 0.6) is 0 Å². The van der Waals surface area contributed by atoms with Crippen molar-refractivity contribution in [1.82, 2.24) is 13.5 Å². The Morgan fingerprint density at radius 1 is 1.28 bits per heavy atom. The number of fused-ring (bicyclic) bond motifs is 1. The Labute approximate surface area is 142 Å². The van der Waals surface area contributed by atoms with Crippen LogP contribution in [0.15, 0.2) is 33.9 Å². The Kier molecular flexibility index (Phi) is 3.96. The molecule has 0 radical (unpaired) electrons. The molecule has 0 N–H and O–H groups in total. The zero-order valence-corrected chi connectivity index (χ0v) is 13.5. The molecule has 25 heavy (non-hydrogen) atoms. The zero-order valence-electron chi connectivity index (χ0n) is 12.7. The number of benzene rings is 1. The van der Waals surface area contributed by atoms with Crippen LogP contribution in [0.2, 0.25) is 0 Å². The minimum atomic E-state index is -4.92. The first-order valence-electron chi connectivity index (χ1n) is 6.91. The van der Waals surface area contributed by atoms with Crippen molar-refractivity contribution in [3.8, 4) is 11.8 Å². The summed E-state index contributed by atoms with van der Waals surface area (Å²) in [6.45, 7) is 0.918. The predicted octanol–water partition coefficient (Wildman–Crippen LogP) is 2.46. The number of aromatic nitrogens is 3. The third-order valence-corrected chi connectivity index (χ3v) is 4.52. The van der Waals surface area contributed by atoms with Gasteiger partial charge in [-0.25, -0.2) is 9.36 Å². The van der Waals surface area contributed by atoms with E-state index in [1.807, 2.05) is 0 Å². The summed E-state index contributed by atoms with van der Waals surface area (Å²) < 4.78 is 45.0. The molecule has 3 rings (SSSR count). The van der Waals surface area contributed by atoms with Gasteiger partial charge in [0.25, 0.3) is 5.56 Å². The van der Waals surface area contributed by atoms with Crippen LogP contribution in [0, 0.1) is 18.3 Å². The van der Waals surface area contributed by atoms with Gasteiger partial charge in [-0.1, -0.05) is 0 Å². The molecular formula is C15H9F3N4O2S. The zero-order chi connectivity index (χ0) is 18.4. The van der Waals surface area contributed by atoms with Gasteiger partial charge in [0, 0.05) is 11.5 Å². The van der Waals surface area contributed by atoms with Crippen molar-refractivity contribution >= 4 is 21.6 Å². The molecule has 128 valence electrons. The SMILES string of the molecule is Cc1nsc2ccc(-n3c(=O)cc(C(F)(F)F)n(CC#N)c3=O)cc12. The molecule has 6 nitrogen and oxygen atoms in total. The molecule has 0 atom stereocenters. The molecule has 0 aliphatic rings. The van der Waals surface area contributed by atoms with Crippen LogP contribution in [0.1, 0.15) is 11.4 Å². The van der Waals surface area contributed by atoms with Crippen LogP contribution in [0.4, 0.5) is 13.2 Å². The Morgan fingerprint density at radius 2 is 2.00 bits per heavy atom. The second-order valence-corrected chi connectivity index (χ2v) is 5.98. The fraction of sp³-hybridized carbons (Fsp3) is 0.200. The van der Waals surface area contributed by atoms with Gasteiger partial charge >= 0.3 is 11.9 Å². The van der Waals surface area contributed by atoms with Crippen LogP contribution in [0.3, 0.4) is 0 Å². The molecule has 0 unspecified atom stereocenters. The second-order valence-electron chi connectivity index (χ2n) is 5.18. The highest BCUT2D eigenvalue weighted by molar-refractivity contribution is 7.13. The largest absolute Gasteiger partial charge is 0.431 e. The van der Waals surface area contributed by atoms with Gasteiger partial charge in [-0.3, -0.25) is 9.36 Å². The molecule has 0 saturated heterocycles. The van der Waals surface area contributed by atoms with Gasteiger partial charge in [-0.15, -0.1) is 0 Å². The van der Waals surface area contributed by atoms with Gasteiger partial charge in [0.1, 0.15) is 12.2 Å². The maximum Gasteiger partial charge on any atom is 0.431 e. The lowest BCUT2D eigenvalue weighted by Gasteiger charge is -2.15. The fourth-order valence-corrected chi connectivity index (χ4v) is 3.23. The van der Waals surface area contributed by atoms with E-state index in [1.165, 1.54) is 29.7 Å². The predicted molar refractivity (Wildman–Crippen MR) is 84.8 cm³/mol. The normalized spacial score (nSPS) is 11.6. The highest BCUT2D eigenvalue weighted by Gasteiger charge is 2.36. The molecule has 2 aromatic heterocycles. The third kappa shape index (κ3) is 2.83. The van der Waals surface area contributed by atoms with E-state index < -0.39 is 29.7 Å². The summed E-state index contributed by atoms with van der Waals surface area (Å²) >= 11 is 1.23. The molecule has 0 saturated carbocycles. The van der Waals surface area contributed by atoms with Crippen molar-refractivity contribution in [2.45, 2.75) is 19.6 Å². The molecule has 10 heteroatoms. The van der Waals surface area contributed by atoms with Gasteiger partial charge in [-0.2, -0.15) is 22.8 Å². The maximum atomic E-state index is 13.1. The number of hydrogen-bond donors (Lipinski definition) is 0. The van der Waals surface area contributed by atoms with Gasteiger partial charge in [-0.05, 0) is 36.7 Å². The van der Waals surface area contributed by atoms with Crippen molar-refractivity contribution in [3.05, 3.63) is 56.5 Å². The van der Waals surface area contributed by atoms with E-state index in [4.69, 9.17) is 5.26 Å². The van der Waals surface area contributed by atoms with Crippen molar-refractivity contribution in [3.63, 3.8) is 0 Å².